The van der Waals surface area contributed by atoms with Crippen molar-refractivity contribution in [3.05, 3.63) is 23.7 Å². The number of hydrogen-bond donors (Lipinski definition) is 0. The Bertz CT molecular complexity index is 499. The lowest BCUT2D eigenvalue weighted by Gasteiger charge is -2.14. The summed E-state index contributed by atoms with van der Waals surface area (Å²) >= 11 is 4.98. The van der Waals surface area contributed by atoms with Crippen molar-refractivity contribution in [2.75, 3.05) is 20.1 Å². The summed E-state index contributed by atoms with van der Waals surface area (Å²) in [6.07, 6.45) is 3.33. The van der Waals surface area contributed by atoms with Crippen LogP contribution in [0.5, 0.6) is 0 Å². The fourth-order valence-electron chi connectivity index (χ4n) is 1.72. The molecule has 8 heteroatoms. The number of carbonyl (C=O) groups excluding carboxylic acids is 1. The van der Waals surface area contributed by atoms with Gasteiger partial charge in [-0.05, 0) is 48.7 Å². The van der Waals surface area contributed by atoms with Gasteiger partial charge in [0.05, 0.1) is 0 Å². The summed E-state index contributed by atoms with van der Waals surface area (Å²) in [5.74, 6) is 0.768. The molecule has 0 saturated carbocycles. The van der Waals surface area contributed by atoms with Gasteiger partial charge in [0.2, 0.25) is 0 Å². The fourth-order valence-corrected chi connectivity index (χ4v) is 2.02. The third kappa shape index (κ3) is 2.43. The van der Waals surface area contributed by atoms with Crippen molar-refractivity contribution in [1.82, 2.24) is 14.9 Å². The van der Waals surface area contributed by atoms with Crippen LogP contribution in [0.25, 0.3) is 0 Å². The molecule has 2 aliphatic rings. The molecule has 0 unspecified atom stereocenters. The molecule has 0 aromatic heterocycles. The van der Waals surface area contributed by atoms with Crippen molar-refractivity contribution >= 4 is 23.3 Å². The highest BCUT2D eigenvalue weighted by Crippen LogP contribution is 2.20. The zero-order chi connectivity index (χ0) is 14.0. The van der Waals surface area contributed by atoms with Crippen LogP contribution in [0.15, 0.2) is 34.2 Å². The molecular formula is C11H15N5O2S. The van der Waals surface area contributed by atoms with E-state index in [0.29, 0.717) is 13.1 Å². The minimum atomic E-state index is -0.220. The molecule has 0 bridgehead atoms. The third-order valence-electron chi connectivity index (χ3n) is 2.75. The first kappa shape index (κ1) is 13.5. The van der Waals surface area contributed by atoms with Crippen LogP contribution in [-0.2, 0) is 9.53 Å². The van der Waals surface area contributed by atoms with E-state index in [1.165, 1.54) is 4.90 Å². The van der Waals surface area contributed by atoms with Gasteiger partial charge in [-0.3, -0.25) is 9.69 Å². The largest absolute Gasteiger partial charge is 0.426 e. The molecule has 0 atom stereocenters. The van der Waals surface area contributed by atoms with Crippen molar-refractivity contribution in [3.63, 3.8) is 0 Å². The van der Waals surface area contributed by atoms with E-state index in [1.54, 1.807) is 29.2 Å². The maximum Gasteiger partial charge on any atom is 0.297 e. The van der Waals surface area contributed by atoms with Crippen LogP contribution in [0.2, 0.25) is 0 Å². The summed E-state index contributed by atoms with van der Waals surface area (Å²) < 4.78 is 5.27. The molecule has 0 spiro atoms. The van der Waals surface area contributed by atoms with Crippen molar-refractivity contribution in [2.24, 2.45) is 10.4 Å². The lowest BCUT2D eigenvalue weighted by atomic mass is 10.3. The van der Waals surface area contributed by atoms with Crippen molar-refractivity contribution in [3.8, 4) is 0 Å². The Balaban J connectivity index is 2.19. The third-order valence-corrected chi connectivity index (χ3v) is 3.05. The molecule has 0 aliphatic carbocycles. The number of ether oxygens (including phenoxy) is 1. The number of likely N-dealkylation sites (N-methyl/N-ethyl adjacent to an activating group) is 1. The minimum absolute atomic E-state index is 0.193. The Hall–Kier alpha value is -1.96. The van der Waals surface area contributed by atoms with Gasteiger partial charge in [-0.1, -0.05) is 0 Å². The SMILES string of the molecule is CCN1N=NN(C)C1=CC=C1OC(=S)N(CC)C1=O. The molecule has 0 radical (unpaired) electrons. The van der Waals surface area contributed by atoms with Crippen LogP contribution in [0.3, 0.4) is 0 Å². The first-order chi connectivity index (χ1) is 9.08. The van der Waals surface area contributed by atoms with Gasteiger partial charge < -0.3 is 4.74 Å². The summed E-state index contributed by atoms with van der Waals surface area (Å²) in [7, 11) is 1.78. The molecule has 19 heavy (non-hydrogen) atoms. The van der Waals surface area contributed by atoms with Gasteiger partial charge in [0, 0.05) is 20.1 Å². The van der Waals surface area contributed by atoms with Gasteiger partial charge in [0.25, 0.3) is 11.1 Å². The van der Waals surface area contributed by atoms with Crippen LogP contribution in [0, 0.1) is 0 Å². The second kappa shape index (κ2) is 5.35. The maximum atomic E-state index is 11.9. The number of rotatable bonds is 3. The molecule has 1 amide bonds. The van der Waals surface area contributed by atoms with Gasteiger partial charge in [-0.25, -0.2) is 10.0 Å². The van der Waals surface area contributed by atoms with Crippen molar-refractivity contribution in [2.45, 2.75) is 13.8 Å². The molecule has 0 N–H and O–H groups in total. The van der Waals surface area contributed by atoms with E-state index in [9.17, 15) is 4.79 Å². The average Bonchev–Trinajstić information content (AvgIpc) is 2.87. The Morgan fingerprint density at radius 1 is 1.26 bits per heavy atom. The van der Waals surface area contributed by atoms with E-state index in [0.717, 1.165) is 5.82 Å². The van der Waals surface area contributed by atoms with E-state index in [2.05, 4.69) is 10.4 Å². The highest BCUT2D eigenvalue weighted by atomic mass is 32.1. The predicted molar refractivity (Wildman–Crippen MR) is 72.2 cm³/mol. The predicted octanol–water partition coefficient (Wildman–Crippen LogP) is 1.42. The van der Waals surface area contributed by atoms with Crippen molar-refractivity contribution in [1.29, 1.82) is 0 Å². The smallest absolute Gasteiger partial charge is 0.297 e. The first-order valence-electron chi connectivity index (χ1n) is 5.97. The standard InChI is InChI=1S/C11H15N5O2S/c1-4-15-10(17)8(18-11(15)19)6-7-9-14(3)12-13-16(9)5-2/h6-7H,4-5H2,1-3H3. The molecule has 2 aliphatic heterocycles. The lowest BCUT2D eigenvalue weighted by molar-refractivity contribution is -0.122. The average molecular weight is 281 g/mol. The molecule has 2 heterocycles. The second-order valence-corrected chi connectivity index (χ2v) is 4.24. The Labute approximate surface area is 116 Å². The number of nitrogens with zero attached hydrogens (tertiary/aromatic N) is 5. The van der Waals surface area contributed by atoms with E-state index in [1.807, 2.05) is 13.8 Å². The molecule has 102 valence electrons. The van der Waals surface area contributed by atoms with Crippen LogP contribution >= 0.6 is 12.2 Å². The van der Waals surface area contributed by atoms with E-state index in [-0.39, 0.29) is 16.8 Å². The van der Waals surface area contributed by atoms with E-state index < -0.39 is 0 Å². The van der Waals surface area contributed by atoms with Gasteiger partial charge in [-0.2, -0.15) is 0 Å². The monoisotopic (exact) mass is 281 g/mol. The lowest BCUT2D eigenvalue weighted by Crippen LogP contribution is -2.27. The maximum absolute atomic E-state index is 11.9. The number of carbonyl (C=O) groups is 1. The summed E-state index contributed by atoms with van der Waals surface area (Å²) in [6, 6.07) is 0. The first-order valence-corrected chi connectivity index (χ1v) is 6.37. The molecule has 2 rings (SSSR count). The summed E-state index contributed by atoms with van der Waals surface area (Å²) in [4.78, 5) is 13.3. The summed E-state index contributed by atoms with van der Waals surface area (Å²) in [5.41, 5.74) is 0. The number of thiocarbonyl (C=S) groups is 1. The quantitative estimate of drug-likeness (QED) is 0.578. The highest BCUT2D eigenvalue weighted by molar-refractivity contribution is 7.80. The zero-order valence-corrected chi connectivity index (χ0v) is 11.8. The Morgan fingerprint density at radius 3 is 2.58 bits per heavy atom. The molecule has 1 saturated heterocycles. The Kier molecular flexibility index (Phi) is 3.79. The Morgan fingerprint density at radius 2 is 2.00 bits per heavy atom. The second-order valence-electron chi connectivity index (χ2n) is 3.89. The van der Waals surface area contributed by atoms with Crippen molar-refractivity contribution < 1.29 is 9.53 Å². The molecular weight excluding hydrogens is 266 g/mol. The zero-order valence-electron chi connectivity index (χ0n) is 11.0. The van der Waals surface area contributed by atoms with Crippen LogP contribution in [0.1, 0.15) is 13.8 Å². The molecule has 1 fully saturated rings. The summed E-state index contributed by atoms with van der Waals surface area (Å²) in [6.45, 7) is 5.00. The van der Waals surface area contributed by atoms with Gasteiger partial charge in [0.1, 0.15) is 5.82 Å². The molecule has 7 nitrogen and oxygen atoms in total. The van der Waals surface area contributed by atoms with Gasteiger partial charge >= 0.3 is 0 Å². The fraction of sp³-hybridized carbons (Fsp3) is 0.455. The molecule has 0 aromatic carbocycles. The van der Waals surface area contributed by atoms with Gasteiger partial charge in [0.15, 0.2) is 5.76 Å². The number of amides is 1. The molecule has 0 aromatic rings. The van der Waals surface area contributed by atoms with E-state index >= 15 is 0 Å². The highest BCUT2D eigenvalue weighted by Gasteiger charge is 2.31. The topological polar surface area (TPSA) is 60.7 Å². The number of hydrogen-bond acceptors (Lipinski definition) is 7. The van der Waals surface area contributed by atoms with Gasteiger partial charge in [-0.15, -0.1) is 0 Å². The van der Waals surface area contributed by atoms with Crippen LogP contribution in [0.4, 0.5) is 0 Å². The van der Waals surface area contributed by atoms with E-state index in [4.69, 9.17) is 17.0 Å². The number of allylic oxidation sites excluding steroid dienone is 2. The van der Waals surface area contributed by atoms with Crippen LogP contribution in [-0.4, -0.2) is 46.1 Å². The minimum Gasteiger partial charge on any atom is -0.426 e. The normalized spacial score (nSPS) is 23.2. The summed E-state index contributed by atoms with van der Waals surface area (Å²) in [5, 5.41) is 11.4. The van der Waals surface area contributed by atoms with Crippen LogP contribution < -0.4 is 0 Å².